The molecule has 0 saturated carbocycles. The number of nitrogens with zero attached hydrogens (tertiary/aromatic N) is 6. The molecule has 0 amide bonds. The Morgan fingerprint density at radius 2 is 2.27 bits per heavy atom. The van der Waals surface area contributed by atoms with Crippen molar-refractivity contribution in [3.63, 3.8) is 0 Å². The summed E-state index contributed by atoms with van der Waals surface area (Å²) in [5.41, 5.74) is 0. The molecule has 7 nitrogen and oxygen atoms in total. The van der Waals surface area contributed by atoms with E-state index in [1.165, 1.54) is 0 Å². The van der Waals surface area contributed by atoms with Crippen LogP contribution in [-0.4, -0.2) is 37.0 Å². The summed E-state index contributed by atoms with van der Waals surface area (Å²) in [5, 5.41) is 18.8. The second kappa shape index (κ2) is 3.77. The second-order valence-electron chi connectivity index (χ2n) is 3.31. The van der Waals surface area contributed by atoms with Crippen LogP contribution in [0.2, 0.25) is 0 Å². The molecular formula is C8H13N7. The number of rotatable bonds is 3. The third-order valence-corrected chi connectivity index (χ3v) is 2.23. The maximum absolute atomic E-state index is 4.24. The van der Waals surface area contributed by atoms with Crippen LogP contribution in [0.3, 0.4) is 0 Å². The highest BCUT2D eigenvalue weighted by Gasteiger charge is 2.15. The molecule has 2 aromatic rings. The van der Waals surface area contributed by atoms with Crippen molar-refractivity contribution in [1.29, 1.82) is 0 Å². The summed E-state index contributed by atoms with van der Waals surface area (Å²) in [7, 11) is 3.72. The fourth-order valence-electron chi connectivity index (χ4n) is 1.27. The number of aromatic nitrogens is 6. The third kappa shape index (κ3) is 1.73. The molecular weight excluding hydrogens is 194 g/mol. The summed E-state index contributed by atoms with van der Waals surface area (Å²) in [5.74, 6) is 1.47. The summed E-state index contributed by atoms with van der Waals surface area (Å²) >= 11 is 0. The summed E-state index contributed by atoms with van der Waals surface area (Å²) in [6, 6.07) is 1.95. The van der Waals surface area contributed by atoms with Gasteiger partial charge in [-0.05, 0) is 24.4 Å². The van der Waals surface area contributed by atoms with E-state index >= 15 is 0 Å². The minimum absolute atomic E-state index is 0.0852. The molecule has 7 heteroatoms. The fraction of sp³-hybridized carbons (Fsp3) is 0.500. The lowest BCUT2D eigenvalue weighted by atomic mass is 10.3. The zero-order chi connectivity index (χ0) is 10.8. The molecule has 0 fully saturated rings. The number of aryl methyl sites for hydroxylation is 1. The summed E-state index contributed by atoms with van der Waals surface area (Å²) in [6.07, 6.45) is 1.85. The lowest BCUT2D eigenvalue weighted by Gasteiger charge is -2.07. The van der Waals surface area contributed by atoms with Gasteiger partial charge < -0.3 is 5.32 Å². The van der Waals surface area contributed by atoms with Gasteiger partial charge in [-0.1, -0.05) is 0 Å². The quantitative estimate of drug-likeness (QED) is 0.746. The summed E-state index contributed by atoms with van der Waals surface area (Å²) in [6.45, 7) is 1.99. The molecule has 0 spiro atoms. The van der Waals surface area contributed by atoms with Crippen LogP contribution in [0.25, 0.3) is 5.82 Å². The van der Waals surface area contributed by atoms with Gasteiger partial charge in [0.25, 0.3) is 0 Å². The Morgan fingerprint density at radius 1 is 1.47 bits per heavy atom. The van der Waals surface area contributed by atoms with Crippen LogP contribution >= 0.6 is 0 Å². The number of nitrogens with one attached hydrogen (secondary N) is 1. The summed E-state index contributed by atoms with van der Waals surface area (Å²) in [4.78, 5) is 0. The molecule has 0 radical (unpaired) electrons. The van der Waals surface area contributed by atoms with E-state index in [0.29, 0.717) is 0 Å². The molecule has 2 aromatic heterocycles. The van der Waals surface area contributed by atoms with Gasteiger partial charge in [-0.15, -0.1) is 5.10 Å². The van der Waals surface area contributed by atoms with Gasteiger partial charge in [-0.2, -0.15) is 9.78 Å². The van der Waals surface area contributed by atoms with Crippen LogP contribution in [0.5, 0.6) is 0 Å². The van der Waals surface area contributed by atoms with Crippen molar-refractivity contribution < 1.29 is 0 Å². The average Bonchev–Trinajstić information content (AvgIpc) is 2.84. The van der Waals surface area contributed by atoms with Crippen molar-refractivity contribution in [1.82, 2.24) is 35.3 Å². The van der Waals surface area contributed by atoms with Crippen molar-refractivity contribution in [2.24, 2.45) is 7.05 Å². The molecule has 1 N–H and O–H groups in total. The number of tetrazole rings is 1. The van der Waals surface area contributed by atoms with Gasteiger partial charge in [0.05, 0.1) is 6.04 Å². The molecule has 15 heavy (non-hydrogen) atoms. The molecule has 1 atom stereocenters. The maximum atomic E-state index is 4.24. The van der Waals surface area contributed by atoms with Gasteiger partial charge in [0, 0.05) is 19.3 Å². The van der Waals surface area contributed by atoms with Crippen LogP contribution in [0.15, 0.2) is 12.3 Å². The van der Waals surface area contributed by atoms with Crippen molar-refractivity contribution in [3.8, 4) is 5.82 Å². The van der Waals surface area contributed by atoms with Crippen molar-refractivity contribution >= 4 is 0 Å². The van der Waals surface area contributed by atoms with E-state index in [-0.39, 0.29) is 6.04 Å². The van der Waals surface area contributed by atoms with Crippen LogP contribution in [-0.2, 0) is 7.05 Å². The molecule has 0 aliphatic heterocycles. The summed E-state index contributed by atoms with van der Waals surface area (Å²) < 4.78 is 3.34. The highest BCUT2D eigenvalue weighted by atomic mass is 15.6. The Morgan fingerprint density at radius 3 is 2.87 bits per heavy atom. The van der Waals surface area contributed by atoms with Crippen LogP contribution < -0.4 is 5.32 Å². The third-order valence-electron chi connectivity index (χ3n) is 2.23. The largest absolute Gasteiger partial charge is 0.311 e. The minimum Gasteiger partial charge on any atom is -0.311 e. The van der Waals surface area contributed by atoms with E-state index in [4.69, 9.17) is 0 Å². The van der Waals surface area contributed by atoms with Crippen LogP contribution in [0.4, 0.5) is 0 Å². The standard InChI is InChI=1S/C8H13N7/c1-6(9-2)8-10-12-13-15(8)7-4-5-14(3)11-7/h4-6,9H,1-3H3. The van der Waals surface area contributed by atoms with E-state index < -0.39 is 0 Å². The molecule has 2 rings (SSSR count). The lowest BCUT2D eigenvalue weighted by Crippen LogP contribution is -2.18. The topological polar surface area (TPSA) is 73.5 Å². The second-order valence-corrected chi connectivity index (χ2v) is 3.31. The van der Waals surface area contributed by atoms with Gasteiger partial charge in [-0.25, -0.2) is 0 Å². The molecule has 0 bridgehead atoms. The minimum atomic E-state index is 0.0852. The zero-order valence-corrected chi connectivity index (χ0v) is 8.92. The molecule has 0 aliphatic carbocycles. The fourth-order valence-corrected chi connectivity index (χ4v) is 1.27. The first-order valence-electron chi connectivity index (χ1n) is 4.68. The predicted molar refractivity (Wildman–Crippen MR) is 53.4 cm³/mol. The SMILES string of the molecule is CNC(C)c1nnnn1-c1ccn(C)n1. The Kier molecular flexibility index (Phi) is 2.46. The molecule has 0 saturated heterocycles. The highest BCUT2D eigenvalue weighted by molar-refractivity contribution is 5.19. The van der Waals surface area contributed by atoms with Crippen LogP contribution in [0.1, 0.15) is 18.8 Å². The average molecular weight is 207 g/mol. The van der Waals surface area contributed by atoms with E-state index in [0.717, 1.165) is 11.6 Å². The van der Waals surface area contributed by atoms with Crippen molar-refractivity contribution in [2.75, 3.05) is 7.05 Å². The maximum Gasteiger partial charge on any atom is 0.179 e. The molecule has 80 valence electrons. The lowest BCUT2D eigenvalue weighted by molar-refractivity contribution is 0.582. The Balaban J connectivity index is 2.40. The van der Waals surface area contributed by atoms with Gasteiger partial charge in [-0.3, -0.25) is 4.68 Å². The zero-order valence-electron chi connectivity index (χ0n) is 8.92. The predicted octanol–water partition coefficient (Wildman–Crippen LogP) is -0.324. The van der Waals surface area contributed by atoms with Crippen LogP contribution in [0, 0.1) is 0 Å². The molecule has 0 aromatic carbocycles. The first-order valence-corrected chi connectivity index (χ1v) is 4.68. The first-order chi connectivity index (χ1) is 7.22. The Hall–Kier alpha value is -1.76. The first kappa shape index (κ1) is 9.78. The normalized spacial score (nSPS) is 13.0. The van der Waals surface area contributed by atoms with E-state index in [9.17, 15) is 0 Å². The van der Waals surface area contributed by atoms with Gasteiger partial charge in [0.15, 0.2) is 11.6 Å². The van der Waals surface area contributed by atoms with Gasteiger partial charge in [0.2, 0.25) is 0 Å². The van der Waals surface area contributed by atoms with Gasteiger partial charge in [0.1, 0.15) is 0 Å². The molecule has 0 aliphatic rings. The van der Waals surface area contributed by atoms with E-state index in [2.05, 4.69) is 25.9 Å². The van der Waals surface area contributed by atoms with E-state index in [1.807, 2.05) is 33.3 Å². The monoisotopic (exact) mass is 207 g/mol. The molecule has 2 heterocycles. The number of hydrogen-bond acceptors (Lipinski definition) is 5. The smallest absolute Gasteiger partial charge is 0.179 e. The Bertz CT molecular complexity index is 443. The molecule has 1 unspecified atom stereocenters. The Labute approximate surface area is 87.1 Å². The number of hydrogen-bond donors (Lipinski definition) is 1. The van der Waals surface area contributed by atoms with Gasteiger partial charge >= 0.3 is 0 Å². The van der Waals surface area contributed by atoms with E-state index in [1.54, 1.807) is 9.36 Å². The highest BCUT2D eigenvalue weighted by Crippen LogP contribution is 2.10. The van der Waals surface area contributed by atoms with Crippen molar-refractivity contribution in [2.45, 2.75) is 13.0 Å². The van der Waals surface area contributed by atoms with Crippen molar-refractivity contribution in [3.05, 3.63) is 18.1 Å².